The van der Waals surface area contributed by atoms with E-state index in [9.17, 15) is 4.79 Å². The SMILES string of the molecule is C/C=C(\O[Si](C)(C)C)[C@@H](C)[C@H](CC)OC(=O)Nc1ccccc1. The van der Waals surface area contributed by atoms with Gasteiger partial charge in [-0.25, -0.2) is 4.79 Å². The standard InChI is InChI=1S/C18H29NO3Si/c1-7-16(14(3)17(8-2)22-23(4,5)6)21-18(20)19-15-12-10-9-11-13-15/h8-14,16H,7H2,1-6H3,(H,19,20)/b17-8-/t14-,16-/m0/s1. The molecule has 0 saturated carbocycles. The molecule has 0 unspecified atom stereocenters. The summed E-state index contributed by atoms with van der Waals surface area (Å²) in [4.78, 5) is 12.1. The fourth-order valence-electron chi connectivity index (χ4n) is 2.30. The molecule has 0 aliphatic rings. The summed E-state index contributed by atoms with van der Waals surface area (Å²) in [5.74, 6) is 0.932. The van der Waals surface area contributed by atoms with Crippen LogP contribution in [0.3, 0.4) is 0 Å². The summed E-state index contributed by atoms with van der Waals surface area (Å²) < 4.78 is 11.7. The van der Waals surface area contributed by atoms with Gasteiger partial charge in [0.1, 0.15) is 6.10 Å². The zero-order valence-electron chi connectivity index (χ0n) is 15.1. The maximum absolute atomic E-state index is 12.1. The number of nitrogens with one attached hydrogen (secondary N) is 1. The maximum Gasteiger partial charge on any atom is 0.411 e. The Kier molecular flexibility index (Phi) is 7.36. The van der Waals surface area contributed by atoms with Crippen LogP contribution in [0.5, 0.6) is 0 Å². The number of hydrogen-bond donors (Lipinski definition) is 1. The quantitative estimate of drug-likeness (QED) is 0.535. The lowest BCUT2D eigenvalue weighted by Crippen LogP contribution is -2.33. The summed E-state index contributed by atoms with van der Waals surface area (Å²) in [7, 11) is -1.69. The van der Waals surface area contributed by atoms with Crippen LogP contribution in [0.15, 0.2) is 42.2 Å². The van der Waals surface area contributed by atoms with Crippen LogP contribution in [0, 0.1) is 5.92 Å². The van der Waals surface area contributed by atoms with Crippen molar-refractivity contribution in [3.8, 4) is 0 Å². The van der Waals surface area contributed by atoms with Crippen LogP contribution in [0.2, 0.25) is 19.6 Å². The van der Waals surface area contributed by atoms with E-state index in [1.165, 1.54) is 0 Å². The first-order valence-electron chi connectivity index (χ1n) is 8.14. The number of allylic oxidation sites excluding steroid dienone is 1. The lowest BCUT2D eigenvalue weighted by Gasteiger charge is -2.30. The van der Waals surface area contributed by atoms with Gasteiger partial charge in [-0.05, 0) is 45.1 Å². The van der Waals surface area contributed by atoms with Crippen LogP contribution in [-0.2, 0) is 9.16 Å². The summed E-state index contributed by atoms with van der Waals surface area (Å²) >= 11 is 0. The topological polar surface area (TPSA) is 47.6 Å². The molecule has 0 fully saturated rings. The lowest BCUT2D eigenvalue weighted by molar-refractivity contribution is 0.0733. The third-order valence-electron chi connectivity index (χ3n) is 3.40. The number of carbonyl (C=O) groups is 1. The van der Waals surface area contributed by atoms with Gasteiger partial charge in [0, 0.05) is 11.6 Å². The van der Waals surface area contributed by atoms with E-state index in [1.807, 2.05) is 57.2 Å². The highest BCUT2D eigenvalue weighted by Gasteiger charge is 2.27. The highest BCUT2D eigenvalue weighted by Crippen LogP contribution is 2.25. The molecule has 1 aromatic carbocycles. The number of hydrogen-bond acceptors (Lipinski definition) is 3. The molecule has 0 spiro atoms. The van der Waals surface area contributed by atoms with E-state index >= 15 is 0 Å². The van der Waals surface area contributed by atoms with Crippen LogP contribution >= 0.6 is 0 Å². The largest absolute Gasteiger partial charge is 0.547 e. The Morgan fingerprint density at radius 1 is 1.26 bits per heavy atom. The molecule has 0 aromatic heterocycles. The Hall–Kier alpha value is -1.75. The second-order valence-corrected chi connectivity index (χ2v) is 11.0. The minimum Gasteiger partial charge on any atom is -0.547 e. The van der Waals surface area contributed by atoms with Gasteiger partial charge in [-0.3, -0.25) is 5.32 Å². The van der Waals surface area contributed by atoms with E-state index in [1.54, 1.807) is 0 Å². The molecule has 0 aliphatic carbocycles. The molecule has 2 atom stereocenters. The maximum atomic E-state index is 12.1. The van der Waals surface area contributed by atoms with Crippen molar-refractivity contribution in [3.63, 3.8) is 0 Å². The number of para-hydroxylation sites is 1. The van der Waals surface area contributed by atoms with Gasteiger partial charge in [0.05, 0.1) is 5.76 Å². The minimum atomic E-state index is -1.69. The smallest absolute Gasteiger partial charge is 0.411 e. The molecule has 1 amide bonds. The van der Waals surface area contributed by atoms with Gasteiger partial charge < -0.3 is 9.16 Å². The molecule has 128 valence electrons. The molecule has 0 aliphatic heterocycles. The molecule has 0 bridgehead atoms. The second kappa shape index (κ2) is 8.77. The minimum absolute atomic E-state index is 0.0262. The van der Waals surface area contributed by atoms with Crippen LogP contribution in [0.25, 0.3) is 0 Å². The number of anilines is 1. The number of carbonyl (C=O) groups excluding carboxylic acids is 1. The van der Waals surface area contributed by atoms with E-state index in [-0.39, 0.29) is 12.0 Å². The molecule has 5 heteroatoms. The van der Waals surface area contributed by atoms with Crippen molar-refractivity contribution in [2.75, 3.05) is 5.32 Å². The first kappa shape index (κ1) is 19.3. The monoisotopic (exact) mass is 335 g/mol. The molecule has 0 heterocycles. The van der Waals surface area contributed by atoms with Gasteiger partial charge in [0.25, 0.3) is 0 Å². The van der Waals surface area contributed by atoms with E-state index in [2.05, 4.69) is 25.0 Å². The average Bonchev–Trinajstić information content (AvgIpc) is 2.49. The van der Waals surface area contributed by atoms with Crippen molar-refractivity contribution in [3.05, 3.63) is 42.2 Å². The van der Waals surface area contributed by atoms with Crippen molar-refractivity contribution < 1.29 is 14.0 Å². The second-order valence-electron chi connectivity index (χ2n) is 6.54. The summed E-state index contributed by atoms with van der Waals surface area (Å²) in [6.45, 7) is 12.5. The normalized spacial score (nSPS) is 14.8. The predicted molar refractivity (Wildman–Crippen MR) is 98.0 cm³/mol. The Morgan fingerprint density at radius 3 is 2.35 bits per heavy atom. The predicted octanol–water partition coefficient (Wildman–Crippen LogP) is 5.41. The molecular weight excluding hydrogens is 306 g/mol. The fraction of sp³-hybridized carbons (Fsp3) is 0.500. The molecule has 1 rings (SSSR count). The van der Waals surface area contributed by atoms with Gasteiger partial charge >= 0.3 is 6.09 Å². The molecule has 1 N–H and O–H groups in total. The van der Waals surface area contributed by atoms with Crippen molar-refractivity contribution in [2.24, 2.45) is 5.92 Å². The van der Waals surface area contributed by atoms with Crippen molar-refractivity contribution >= 4 is 20.1 Å². The third-order valence-corrected chi connectivity index (χ3v) is 4.24. The van der Waals surface area contributed by atoms with Crippen LogP contribution in [0.4, 0.5) is 10.5 Å². The zero-order valence-corrected chi connectivity index (χ0v) is 16.1. The zero-order chi connectivity index (χ0) is 17.5. The van der Waals surface area contributed by atoms with Crippen LogP contribution < -0.4 is 5.32 Å². The Labute approximate surface area is 141 Å². The van der Waals surface area contributed by atoms with Gasteiger partial charge in [0.2, 0.25) is 8.32 Å². The molecule has 0 saturated heterocycles. The van der Waals surface area contributed by atoms with Gasteiger partial charge in [0.15, 0.2) is 0 Å². The van der Waals surface area contributed by atoms with Crippen LogP contribution in [-0.4, -0.2) is 20.5 Å². The van der Waals surface area contributed by atoms with E-state index in [0.717, 1.165) is 17.9 Å². The first-order chi connectivity index (χ1) is 10.8. The highest BCUT2D eigenvalue weighted by atomic mass is 28.4. The van der Waals surface area contributed by atoms with Crippen LogP contribution in [0.1, 0.15) is 27.2 Å². The van der Waals surface area contributed by atoms with Gasteiger partial charge in [-0.1, -0.05) is 38.1 Å². The third kappa shape index (κ3) is 6.90. The van der Waals surface area contributed by atoms with Crippen molar-refractivity contribution in [1.82, 2.24) is 0 Å². The van der Waals surface area contributed by atoms with Gasteiger partial charge in [-0.15, -0.1) is 0 Å². The van der Waals surface area contributed by atoms with Crippen molar-refractivity contribution in [2.45, 2.75) is 52.9 Å². The molecule has 4 nitrogen and oxygen atoms in total. The fourth-order valence-corrected chi connectivity index (χ4v) is 3.31. The van der Waals surface area contributed by atoms with Gasteiger partial charge in [-0.2, -0.15) is 0 Å². The number of amides is 1. The number of rotatable bonds is 7. The van der Waals surface area contributed by atoms with Crippen molar-refractivity contribution in [1.29, 1.82) is 0 Å². The Morgan fingerprint density at radius 2 is 1.87 bits per heavy atom. The van der Waals surface area contributed by atoms with E-state index in [0.29, 0.717) is 0 Å². The Bertz CT molecular complexity index is 523. The van der Waals surface area contributed by atoms with E-state index < -0.39 is 14.4 Å². The number of ether oxygens (including phenoxy) is 1. The summed E-state index contributed by atoms with van der Waals surface area (Å²) in [6, 6.07) is 9.30. The number of benzene rings is 1. The lowest BCUT2D eigenvalue weighted by atomic mass is 10.00. The summed E-state index contributed by atoms with van der Waals surface area (Å²) in [5.41, 5.74) is 0.726. The molecule has 0 radical (unpaired) electrons. The first-order valence-corrected chi connectivity index (χ1v) is 11.6. The highest BCUT2D eigenvalue weighted by molar-refractivity contribution is 6.70. The average molecular weight is 336 g/mol. The molecule has 1 aromatic rings. The summed E-state index contributed by atoms with van der Waals surface area (Å²) in [6.07, 6.45) is 2.06. The molecule has 23 heavy (non-hydrogen) atoms. The Balaban J connectivity index is 2.69. The van der Waals surface area contributed by atoms with E-state index in [4.69, 9.17) is 9.16 Å². The summed E-state index contributed by atoms with van der Waals surface area (Å²) in [5, 5.41) is 2.75. The molecular formula is C18H29NO3Si.